The van der Waals surface area contributed by atoms with Crippen LogP contribution in [0.25, 0.3) is 0 Å². The summed E-state index contributed by atoms with van der Waals surface area (Å²) in [7, 11) is 2.03. The van der Waals surface area contributed by atoms with Crippen molar-refractivity contribution < 1.29 is 0 Å². The average Bonchev–Trinajstić information content (AvgIpc) is 2.70. The van der Waals surface area contributed by atoms with Gasteiger partial charge in [-0.05, 0) is 50.2 Å². The molecule has 1 unspecified atom stereocenters. The summed E-state index contributed by atoms with van der Waals surface area (Å²) in [6, 6.07) is 8.18. The lowest BCUT2D eigenvalue weighted by Gasteiger charge is -2.16. The van der Waals surface area contributed by atoms with Gasteiger partial charge in [-0.25, -0.2) is 0 Å². The van der Waals surface area contributed by atoms with Crippen LogP contribution in [0.3, 0.4) is 0 Å². The van der Waals surface area contributed by atoms with Crippen LogP contribution in [-0.2, 0) is 6.54 Å². The quantitative estimate of drug-likeness (QED) is 0.909. The maximum absolute atomic E-state index is 5.87. The fraction of sp³-hybridized carbons (Fsp3) is 0.538. The molecule has 2 nitrogen and oxygen atoms in total. The normalized spacial score (nSPS) is 20.2. The number of benzene rings is 1. The minimum atomic E-state index is 0. The first-order chi connectivity index (χ1) is 7.78. The summed E-state index contributed by atoms with van der Waals surface area (Å²) in [6.45, 7) is 4.62. The van der Waals surface area contributed by atoms with Crippen molar-refractivity contribution >= 4 is 24.0 Å². The highest BCUT2D eigenvalue weighted by molar-refractivity contribution is 6.30. The minimum absolute atomic E-state index is 0. The molecule has 0 amide bonds. The highest BCUT2D eigenvalue weighted by Crippen LogP contribution is 2.18. The standard InChI is InChI=1S/C13H19ClN2.ClH/c1-15-8-12-6-7-16(10-12)9-11-2-4-13(14)5-3-11;/h2-5,12,15H,6-10H2,1H3;1H. The van der Waals surface area contributed by atoms with E-state index in [4.69, 9.17) is 11.6 Å². The molecule has 0 bridgehead atoms. The van der Waals surface area contributed by atoms with Gasteiger partial charge in [-0.1, -0.05) is 23.7 Å². The molecule has 0 spiro atoms. The van der Waals surface area contributed by atoms with Crippen molar-refractivity contribution in [2.24, 2.45) is 5.92 Å². The van der Waals surface area contributed by atoms with Crippen molar-refractivity contribution in [3.8, 4) is 0 Å². The highest BCUT2D eigenvalue weighted by atomic mass is 35.5. The molecular weight excluding hydrogens is 255 g/mol. The number of likely N-dealkylation sites (tertiary alicyclic amines) is 1. The Morgan fingerprint density at radius 1 is 1.35 bits per heavy atom. The van der Waals surface area contributed by atoms with Gasteiger partial charge < -0.3 is 5.32 Å². The van der Waals surface area contributed by atoms with Crippen LogP contribution >= 0.6 is 24.0 Å². The van der Waals surface area contributed by atoms with Gasteiger partial charge in [0.15, 0.2) is 0 Å². The number of rotatable bonds is 4. The Hall–Kier alpha value is -0.280. The predicted octanol–water partition coefficient (Wildman–Crippen LogP) is 2.80. The summed E-state index contributed by atoms with van der Waals surface area (Å²) in [6.07, 6.45) is 1.31. The Bertz CT molecular complexity index is 327. The minimum Gasteiger partial charge on any atom is -0.319 e. The largest absolute Gasteiger partial charge is 0.319 e. The summed E-state index contributed by atoms with van der Waals surface area (Å²) in [4.78, 5) is 2.52. The van der Waals surface area contributed by atoms with Crippen molar-refractivity contribution in [3.63, 3.8) is 0 Å². The van der Waals surface area contributed by atoms with Crippen LogP contribution in [0, 0.1) is 5.92 Å². The second kappa shape index (κ2) is 7.22. The maximum atomic E-state index is 5.87. The van der Waals surface area contributed by atoms with E-state index in [1.807, 2.05) is 19.2 Å². The van der Waals surface area contributed by atoms with E-state index in [1.165, 1.54) is 25.1 Å². The first-order valence-electron chi connectivity index (χ1n) is 5.89. The zero-order valence-electron chi connectivity index (χ0n) is 10.2. The number of nitrogens with zero attached hydrogens (tertiary/aromatic N) is 1. The molecule has 1 aliphatic rings. The zero-order valence-corrected chi connectivity index (χ0v) is 11.7. The van der Waals surface area contributed by atoms with Crippen LogP contribution in [-0.4, -0.2) is 31.6 Å². The Morgan fingerprint density at radius 3 is 2.71 bits per heavy atom. The van der Waals surface area contributed by atoms with Crippen LogP contribution < -0.4 is 5.32 Å². The molecule has 0 aliphatic carbocycles. The lowest BCUT2D eigenvalue weighted by molar-refractivity contribution is 0.315. The van der Waals surface area contributed by atoms with Crippen molar-refractivity contribution in [2.45, 2.75) is 13.0 Å². The first kappa shape index (κ1) is 14.8. The third kappa shape index (κ3) is 4.47. The van der Waals surface area contributed by atoms with E-state index in [0.717, 1.165) is 24.0 Å². The second-order valence-electron chi connectivity index (χ2n) is 4.57. The van der Waals surface area contributed by atoms with Gasteiger partial charge in [0, 0.05) is 18.1 Å². The van der Waals surface area contributed by atoms with Crippen LogP contribution in [0.5, 0.6) is 0 Å². The molecule has 1 heterocycles. The van der Waals surface area contributed by atoms with Crippen LogP contribution in [0.2, 0.25) is 5.02 Å². The summed E-state index contributed by atoms with van der Waals surface area (Å²) in [5, 5.41) is 4.08. The third-order valence-electron chi connectivity index (χ3n) is 3.18. The second-order valence-corrected chi connectivity index (χ2v) is 5.01. The van der Waals surface area contributed by atoms with E-state index >= 15 is 0 Å². The topological polar surface area (TPSA) is 15.3 Å². The molecule has 0 aromatic heterocycles. The first-order valence-corrected chi connectivity index (χ1v) is 6.27. The molecular formula is C13H20Cl2N2. The average molecular weight is 275 g/mol. The number of nitrogens with one attached hydrogen (secondary N) is 1. The van der Waals surface area contributed by atoms with Gasteiger partial charge in [0.05, 0.1) is 0 Å². The highest BCUT2D eigenvalue weighted by Gasteiger charge is 2.21. The van der Waals surface area contributed by atoms with Gasteiger partial charge in [0.25, 0.3) is 0 Å². The maximum Gasteiger partial charge on any atom is 0.0406 e. The summed E-state index contributed by atoms with van der Waals surface area (Å²) < 4.78 is 0. The van der Waals surface area contributed by atoms with Gasteiger partial charge in [-0.2, -0.15) is 0 Å². The van der Waals surface area contributed by atoms with Crippen LogP contribution in [0.4, 0.5) is 0 Å². The van der Waals surface area contributed by atoms with Crippen molar-refractivity contribution in [1.82, 2.24) is 10.2 Å². The Balaban J connectivity index is 0.00000144. The van der Waals surface area contributed by atoms with Crippen LogP contribution in [0.15, 0.2) is 24.3 Å². The molecule has 1 aliphatic heterocycles. The molecule has 0 radical (unpaired) electrons. The number of hydrogen-bond acceptors (Lipinski definition) is 2. The fourth-order valence-electron chi connectivity index (χ4n) is 2.36. The smallest absolute Gasteiger partial charge is 0.0406 e. The zero-order chi connectivity index (χ0) is 11.4. The monoisotopic (exact) mass is 274 g/mol. The van der Waals surface area contributed by atoms with Gasteiger partial charge >= 0.3 is 0 Å². The molecule has 1 fully saturated rings. The molecule has 1 aromatic carbocycles. The third-order valence-corrected chi connectivity index (χ3v) is 3.43. The molecule has 17 heavy (non-hydrogen) atoms. The predicted molar refractivity (Wildman–Crippen MR) is 76.0 cm³/mol. The number of halogens is 2. The molecule has 2 rings (SSSR count). The summed E-state index contributed by atoms with van der Waals surface area (Å²) in [5.41, 5.74) is 1.36. The van der Waals surface area contributed by atoms with Gasteiger partial charge in [0.2, 0.25) is 0 Å². The van der Waals surface area contributed by atoms with E-state index in [2.05, 4.69) is 22.3 Å². The summed E-state index contributed by atoms with van der Waals surface area (Å²) >= 11 is 5.87. The van der Waals surface area contributed by atoms with Crippen molar-refractivity contribution in [2.75, 3.05) is 26.7 Å². The van der Waals surface area contributed by atoms with E-state index < -0.39 is 0 Å². The SMILES string of the molecule is CNCC1CCN(Cc2ccc(Cl)cc2)C1.Cl. The number of hydrogen-bond donors (Lipinski definition) is 1. The Kier molecular flexibility index (Phi) is 6.28. The summed E-state index contributed by atoms with van der Waals surface area (Å²) in [5.74, 6) is 0.817. The van der Waals surface area contributed by atoms with E-state index in [-0.39, 0.29) is 12.4 Å². The van der Waals surface area contributed by atoms with E-state index in [0.29, 0.717) is 0 Å². The fourth-order valence-corrected chi connectivity index (χ4v) is 2.49. The Morgan fingerprint density at radius 2 is 2.06 bits per heavy atom. The molecule has 1 aromatic rings. The van der Waals surface area contributed by atoms with E-state index in [9.17, 15) is 0 Å². The molecule has 1 atom stereocenters. The molecule has 1 saturated heterocycles. The van der Waals surface area contributed by atoms with Crippen LogP contribution in [0.1, 0.15) is 12.0 Å². The van der Waals surface area contributed by atoms with Crippen molar-refractivity contribution in [1.29, 1.82) is 0 Å². The molecule has 0 saturated carbocycles. The lowest BCUT2D eigenvalue weighted by atomic mass is 10.1. The Labute approximate surface area is 115 Å². The van der Waals surface area contributed by atoms with Gasteiger partial charge in [-0.3, -0.25) is 4.90 Å². The lowest BCUT2D eigenvalue weighted by Crippen LogP contribution is -2.24. The molecule has 96 valence electrons. The van der Waals surface area contributed by atoms with Crippen molar-refractivity contribution in [3.05, 3.63) is 34.9 Å². The molecule has 1 N–H and O–H groups in total. The molecule has 4 heteroatoms. The van der Waals surface area contributed by atoms with E-state index in [1.54, 1.807) is 0 Å². The van der Waals surface area contributed by atoms with Gasteiger partial charge in [0.1, 0.15) is 0 Å². The van der Waals surface area contributed by atoms with Gasteiger partial charge in [-0.15, -0.1) is 12.4 Å².